The summed E-state index contributed by atoms with van der Waals surface area (Å²) in [6.45, 7) is 9.32. The molecule has 1 aliphatic rings. The molecule has 0 saturated heterocycles. The highest BCUT2D eigenvalue weighted by molar-refractivity contribution is 6.45. The van der Waals surface area contributed by atoms with Gasteiger partial charge in [0.2, 0.25) is 0 Å². The predicted molar refractivity (Wildman–Crippen MR) is 95.7 cm³/mol. The number of halogens is 2. The Balaban J connectivity index is 2.38. The highest BCUT2D eigenvalue weighted by Gasteiger charge is 2.39. The van der Waals surface area contributed by atoms with Crippen molar-refractivity contribution in [1.29, 1.82) is 0 Å². The highest BCUT2D eigenvalue weighted by Crippen LogP contribution is 2.50. The third kappa shape index (κ3) is 2.33. The molecule has 0 saturated carbocycles. The van der Waals surface area contributed by atoms with Crippen molar-refractivity contribution in [3.63, 3.8) is 0 Å². The molecule has 0 unspecified atom stereocenters. The summed E-state index contributed by atoms with van der Waals surface area (Å²) >= 11 is 12.6. The molecule has 0 spiro atoms. The summed E-state index contributed by atoms with van der Waals surface area (Å²) in [7, 11) is 0. The van der Waals surface area contributed by atoms with Crippen LogP contribution in [0.2, 0.25) is 0 Å². The summed E-state index contributed by atoms with van der Waals surface area (Å²) in [6.07, 6.45) is 0. The van der Waals surface area contributed by atoms with Crippen molar-refractivity contribution in [3.8, 4) is 5.75 Å². The Hall–Kier alpha value is -1.12. The molecule has 1 heterocycles. The topological polar surface area (TPSA) is 23.5 Å². The minimum atomic E-state index is -0.474. The van der Waals surface area contributed by atoms with Crippen molar-refractivity contribution in [1.82, 2.24) is 0 Å². The van der Waals surface area contributed by atoms with Crippen LogP contribution in [-0.2, 0) is 0 Å². The third-order valence-corrected chi connectivity index (χ3v) is 5.13. The molecule has 0 bridgehead atoms. The van der Waals surface area contributed by atoms with Gasteiger partial charge in [-0.25, -0.2) is 0 Å². The minimum absolute atomic E-state index is 0.0433. The Labute approximate surface area is 141 Å². The van der Waals surface area contributed by atoms with Gasteiger partial charge in [0.05, 0.1) is 0 Å². The van der Waals surface area contributed by atoms with E-state index in [1.807, 2.05) is 18.2 Å². The Morgan fingerprint density at radius 3 is 2.55 bits per heavy atom. The van der Waals surface area contributed by atoms with Crippen LogP contribution in [0.3, 0.4) is 0 Å². The van der Waals surface area contributed by atoms with Gasteiger partial charge in [0.1, 0.15) is 10.6 Å². The third-order valence-electron chi connectivity index (χ3n) is 4.52. The number of nitrogens with zero attached hydrogens (tertiary/aromatic N) is 1. The fraction of sp³-hybridized carbons (Fsp3) is 0.444. The maximum atomic E-state index is 10.5. The normalized spacial score (nSPS) is 18.3. The zero-order valence-corrected chi connectivity index (χ0v) is 14.8. The van der Waals surface area contributed by atoms with E-state index in [0.717, 1.165) is 34.1 Å². The second-order valence-electron chi connectivity index (χ2n) is 7.05. The van der Waals surface area contributed by atoms with Gasteiger partial charge in [0.25, 0.3) is 0 Å². The Bertz CT molecular complexity index is 734. The van der Waals surface area contributed by atoms with Crippen LogP contribution in [-0.4, -0.2) is 22.0 Å². The van der Waals surface area contributed by atoms with Gasteiger partial charge in [0, 0.05) is 35.1 Å². The number of aromatic hydroxyl groups is 1. The first-order chi connectivity index (χ1) is 10.2. The van der Waals surface area contributed by atoms with Crippen molar-refractivity contribution >= 4 is 39.7 Å². The SMILES string of the molecule is Cc1cccc2c(O)cc3c(c12)[C@H](C(Cl)Cl)CN3C(C)(C)C. The van der Waals surface area contributed by atoms with Crippen molar-refractivity contribution in [2.24, 2.45) is 0 Å². The Kier molecular flexibility index (Phi) is 3.73. The van der Waals surface area contributed by atoms with E-state index in [1.54, 1.807) is 0 Å². The van der Waals surface area contributed by atoms with Crippen LogP contribution < -0.4 is 4.90 Å². The molecule has 0 aromatic heterocycles. The van der Waals surface area contributed by atoms with E-state index in [0.29, 0.717) is 5.75 Å². The molecule has 0 aliphatic carbocycles. The molecule has 22 heavy (non-hydrogen) atoms. The molecule has 1 N–H and O–H groups in total. The largest absolute Gasteiger partial charge is 0.507 e. The molecule has 2 nitrogen and oxygen atoms in total. The lowest BCUT2D eigenvalue weighted by atomic mass is 9.92. The zero-order valence-electron chi connectivity index (χ0n) is 13.3. The molecule has 1 aliphatic heterocycles. The predicted octanol–water partition coefficient (Wildman–Crippen LogP) is 5.36. The lowest BCUT2D eigenvalue weighted by Gasteiger charge is -2.35. The maximum Gasteiger partial charge on any atom is 0.125 e. The number of hydrogen-bond acceptors (Lipinski definition) is 2. The van der Waals surface area contributed by atoms with Crippen LogP contribution in [0, 0.1) is 6.92 Å². The molecule has 4 heteroatoms. The molecule has 0 radical (unpaired) electrons. The quantitative estimate of drug-likeness (QED) is 0.708. The van der Waals surface area contributed by atoms with Crippen LogP contribution in [0.1, 0.15) is 37.8 Å². The summed E-state index contributed by atoms with van der Waals surface area (Å²) in [5.74, 6) is 0.356. The second-order valence-corrected chi connectivity index (χ2v) is 8.21. The first-order valence-corrected chi connectivity index (χ1v) is 8.40. The minimum Gasteiger partial charge on any atom is -0.507 e. The van der Waals surface area contributed by atoms with E-state index < -0.39 is 4.84 Å². The van der Waals surface area contributed by atoms with Crippen molar-refractivity contribution < 1.29 is 5.11 Å². The second kappa shape index (κ2) is 5.21. The lowest BCUT2D eigenvalue weighted by molar-refractivity contribution is 0.479. The molecule has 0 fully saturated rings. The average molecular weight is 338 g/mol. The van der Waals surface area contributed by atoms with Gasteiger partial charge in [-0.2, -0.15) is 0 Å². The van der Waals surface area contributed by atoms with Crippen LogP contribution >= 0.6 is 23.2 Å². The maximum absolute atomic E-state index is 10.5. The first kappa shape index (κ1) is 15.8. The van der Waals surface area contributed by atoms with Crippen molar-refractivity contribution in [3.05, 3.63) is 35.4 Å². The number of benzene rings is 2. The van der Waals surface area contributed by atoms with Crippen LogP contribution in [0.4, 0.5) is 5.69 Å². The summed E-state index contributed by atoms with van der Waals surface area (Å²) in [6, 6.07) is 7.84. The van der Waals surface area contributed by atoms with Gasteiger partial charge in [0.15, 0.2) is 0 Å². The number of phenolic OH excluding ortho intramolecular Hbond substituents is 1. The van der Waals surface area contributed by atoms with Crippen LogP contribution in [0.25, 0.3) is 10.8 Å². The van der Waals surface area contributed by atoms with Crippen LogP contribution in [0.5, 0.6) is 5.75 Å². The molecule has 0 amide bonds. The molecule has 1 atom stereocenters. The van der Waals surface area contributed by atoms with Gasteiger partial charge in [-0.05, 0) is 44.2 Å². The number of hydrogen-bond donors (Lipinski definition) is 1. The molecular weight excluding hydrogens is 317 g/mol. The van der Waals surface area contributed by atoms with Gasteiger partial charge < -0.3 is 10.0 Å². The van der Waals surface area contributed by atoms with E-state index >= 15 is 0 Å². The number of phenols is 1. The van der Waals surface area contributed by atoms with E-state index in [-0.39, 0.29) is 11.5 Å². The molecule has 3 rings (SSSR count). The summed E-state index contributed by atoms with van der Waals surface area (Å²) in [4.78, 5) is 1.81. The summed E-state index contributed by atoms with van der Waals surface area (Å²) in [5.41, 5.74) is 3.29. The van der Waals surface area contributed by atoms with Gasteiger partial charge in [-0.3, -0.25) is 0 Å². The molecule has 2 aromatic rings. The molecule has 2 aromatic carbocycles. The lowest BCUT2D eigenvalue weighted by Crippen LogP contribution is -2.41. The molecule has 118 valence electrons. The number of aryl methyl sites for hydroxylation is 1. The fourth-order valence-corrected chi connectivity index (χ4v) is 3.89. The fourth-order valence-electron chi connectivity index (χ4n) is 3.48. The van der Waals surface area contributed by atoms with Crippen molar-refractivity contribution in [2.75, 3.05) is 11.4 Å². The van der Waals surface area contributed by atoms with E-state index in [9.17, 15) is 5.11 Å². The number of alkyl halides is 2. The van der Waals surface area contributed by atoms with Crippen molar-refractivity contribution in [2.45, 2.75) is 44.0 Å². The zero-order chi connectivity index (χ0) is 16.2. The summed E-state index contributed by atoms with van der Waals surface area (Å²) < 4.78 is 0. The monoisotopic (exact) mass is 337 g/mol. The highest BCUT2D eigenvalue weighted by atomic mass is 35.5. The van der Waals surface area contributed by atoms with Crippen LogP contribution in [0.15, 0.2) is 24.3 Å². The first-order valence-electron chi connectivity index (χ1n) is 7.53. The number of rotatable bonds is 1. The Morgan fingerprint density at radius 1 is 1.27 bits per heavy atom. The number of fused-ring (bicyclic) bond motifs is 3. The van der Waals surface area contributed by atoms with E-state index in [2.05, 4.69) is 38.7 Å². The Morgan fingerprint density at radius 2 is 1.95 bits per heavy atom. The van der Waals surface area contributed by atoms with Gasteiger partial charge in [-0.1, -0.05) is 18.2 Å². The van der Waals surface area contributed by atoms with Gasteiger partial charge >= 0.3 is 0 Å². The van der Waals surface area contributed by atoms with Gasteiger partial charge in [-0.15, -0.1) is 23.2 Å². The average Bonchev–Trinajstić information content (AvgIpc) is 2.78. The standard InChI is InChI=1S/C18H21Cl2NO/c1-10-6-5-7-11-14(22)8-13-16(15(10)11)12(17(19)20)9-21(13)18(2,3)4/h5-8,12,17,22H,9H2,1-4H3/t12-/m1/s1. The smallest absolute Gasteiger partial charge is 0.125 e. The van der Waals surface area contributed by atoms with E-state index in [4.69, 9.17) is 23.2 Å². The number of anilines is 1. The van der Waals surface area contributed by atoms with E-state index in [1.165, 1.54) is 0 Å². The summed E-state index contributed by atoms with van der Waals surface area (Å²) in [5, 5.41) is 12.4. The molecular formula is C18H21Cl2NO.